The Morgan fingerprint density at radius 1 is 1.41 bits per heavy atom. The van der Waals surface area contributed by atoms with E-state index in [-0.39, 0.29) is 6.61 Å². The molecule has 0 amide bonds. The summed E-state index contributed by atoms with van der Waals surface area (Å²) < 4.78 is 2.04. The smallest absolute Gasteiger partial charge is 0.137 e. The van der Waals surface area contributed by atoms with Gasteiger partial charge in [0.15, 0.2) is 0 Å². The number of hydrogen-bond acceptors (Lipinski definition) is 3. The van der Waals surface area contributed by atoms with E-state index in [1.165, 1.54) is 6.42 Å². The first kappa shape index (κ1) is 10.7. The average molecular weight is 231 g/mol. The van der Waals surface area contributed by atoms with Crippen LogP contribution in [0, 0.1) is 0 Å². The van der Waals surface area contributed by atoms with Gasteiger partial charge < -0.3 is 9.51 Å². The van der Waals surface area contributed by atoms with Crippen LogP contribution in [0.15, 0.2) is 30.6 Å². The van der Waals surface area contributed by atoms with Gasteiger partial charge in [0.1, 0.15) is 5.65 Å². The minimum atomic E-state index is 0.257. The number of likely N-dealkylation sites (tertiary alicyclic amines) is 1. The molecule has 90 valence electrons. The fraction of sp³-hybridized carbons (Fsp3) is 0.462. The molecule has 3 rings (SSSR count). The number of rotatable bonds is 3. The zero-order valence-corrected chi connectivity index (χ0v) is 9.79. The third-order valence-corrected chi connectivity index (χ3v) is 3.49. The first-order chi connectivity index (χ1) is 8.36. The number of nitrogens with zero attached hydrogens (tertiary/aromatic N) is 3. The molecule has 0 aromatic carbocycles. The summed E-state index contributed by atoms with van der Waals surface area (Å²) in [6, 6.07) is 6.33. The molecule has 1 aliphatic heterocycles. The van der Waals surface area contributed by atoms with Gasteiger partial charge in [0, 0.05) is 25.0 Å². The van der Waals surface area contributed by atoms with Crippen molar-refractivity contribution in [3.05, 3.63) is 36.3 Å². The maximum Gasteiger partial charge on any atom is 0.137 e. The number of pyridine rings is 1. The van der Waals surface area contributed by atoms with Gasteiger partial charge in [0.25, 0.3) is 0 Å². The predicted molar refractivity (Wildman–Crippen MR) is 65.7 cm³/mol. The molecule has 1 saturated heterocycles. The molecule has 0 radical (unpaired) electrons. The second-order valence-corrected chi connectivity index (χ2v) is 4.65. The quantitative estimate of drug-likeness (QED) is 0.865. The molecular weight excluding hydrogens is 214 g/mol. The van der Waals surface area contributed by atoms with Gasteiger partial charge >= 0.3 is 0 Å². The fourth-order valence-corrected chi connectivity index (χ4v) is 2.58. The van der Waals surface area contributed by atoms with Crippen LogP contribution in [0.25, 0.3) is 5.65 Å². The number of aliphatic hydroxyl groups is 1. The van der Waals surface area contributed by atoms with Crippen LogP contribution in [-0.4, -0.2) is 38.6 Å². The van der Waals surface area contributed by atoms with E-state index in [1.807, 2.05) is 28.8 Å². The van der Waals surface area contributed by atoms with Crippen LogP contribution in [0.2, 0.25) is 0 Å². The topological polar surface area (TPSA) is 40.8 Å². The highest BCUT2D eigenvalue weighted by Gasteiger charge is 2.24. The monoisotopic (exact) mass is 231 g/mol. The zero-order chi connectivity index (χ0) is 11.7. The maximum atomic E-state index is 9.29. The first-order valence-corrected chi connectivity index (χ1v) is 6.14. The SMILES string of the molecule is OC[C@H]1CCCN1Cc1cn2ccccc2n1. The summed E-state index contributed by atoms with van der Waals surface area (Å²) in [7, 11) is 0. The lowest BCUT2D eigenvalue weighted by Gasteiger charge is -2.21. The molecule has 2 aromatic rings. The predicted octanol–water partition coefficient (Wildman–Crippen LogP) is 1.29. The maximum absolute atomic E-state index is 9.29. The van der Waals surface area contributed by atoms with E-state index < -0.39 is 0 Å². The van der Waals surface area contributed by atoms with Gasteiger partial charge in [-0.15, -0.1) is 0 Å². The Hall–Kier alpha value is -1.39. The Labute approximate surface area is 101 Å². The van der Waals surface area contributed by atoms with Gasteiger partial charge in [-0.1, -0.05) is 6.07 Å². The molecule has 2 aromatic heterocycles. The van der Waals surface area contributed by atoms with Crippen LogP contribution in [0.5, 0.6) is 0 Å². The zero-order valence-electron chi connectivity index (χ0n) is 9.79. The minimum absolute atomic E-state index is 0.257. The highest BCUT2D eigenvalue weighted by molar-refractivity contribution is 5.39. The van der Waals surface area contributed by atoms with Crippen molar-refractivity contribution in [2.24, 2.45) is 0 Å². The molecule has 1 fully saturated rings. The lowest BCUT2D eigenvalue weighted by molar-refractivity contribution is 0.152. The van der Waals surface area contributed by atoms with E-state index >= 15 is 0 Å². The van der Waals surface area contributed by atoms with Gasteiger partial charge in [0.2, 0.25) is 0 Å². The van der Waals surface area contributed by atoms with Gasteiger partial charge in [0.05, 0.1) is 12.3 Å². The molecule has 4 heteroatoms. The van der Waals surface area contributed by atoms with Gasteiger partial charge in [-0.25, -0.2) is 4.98 Å². The Balaban J connectivity index is 1.80. The van der Waals surface area contributed by atoms with E-state index in [2.05, 4.69) is 16.1 Å². The molecular formula is C13H17N3O. The summed E-state index contributed by atoms with van der Waals surface area (Å²) in [5.41, 5.74) is 2.07. The summed E-state index contributed by atoms with van der Waals surface area (Å²) in [6.07, 6.45) is 6.36. The Morgan fingerprint density at radius 3 is 3.18 bits per heavy atom. The standard InChI is InChI=1S/C13H17N3O/c17-10-12-4-3-7-15(12)8-11-9-16-6-2-1-5-13(16)14-11/h1-2,5-6,9,12,17H,3-4,7-8,10H2/t12-/m1/s1. The van der Waals surface area contributed by atoms with Crippen LogP contribution in [0.3, 0.4) is 0 Å². The second-order valence-electron chi connectivity index (χ2n) is 4.65. The molecule has 17 heavy (non-hydrogen) atoms. The van der Waals surface area contributed by atoms with Crippen LogP contribution >= 0.6 is 0 Å². The van der Waals surface area contributed by atoms with E-state index in [4.69, 9.17) is 0 Å². The molecule has 1 aliphatic rings. The van der Waals surface area contributed by atoms with Crippen molar-refractivity contribution in [2.45, 2.75) is 25.4 Å². The summed E-state index contributed by atoms with van der Waals surface area (Å²) in [5.74, 6) is 0. The molecule has 1 N–H and O–H groups in total. The van der Waals surface area contributed by atoms with Crippen molar-refractivity contribution in [2.75, 3.05) is 13.2 Å². The van der Waals surface area contributed by atoms with Crippen molar-refractivity contribution in [1.82, 2.24) is 14.3 Å². The number of imidazole rings is 1. The molecule has 0 saturated carbocycles. The van der Waals surface area contributed by atoms with E-state index in [1.54, 1.807) is 0 Å². The lowest BCUT2D eigenvalue weighted by Crippen LogP contribution is -2.31. The fourth-order valence-electron chi connectivity index (χ4n) is 2.58. The molecule has 4 nitrogen and oxygen atoms in total. The van der Waals surface area contributed by atoms with Gasteiger partial charge in [-0.3, -0.25) is 4.90 Å². The highest BCUT2D eigenvalue weighted by atomic mass is 16.3. The summed E-state index contributed by atoms with van der Waals surface area (Å²) in [6.45, 7) is 2.17. The molecule has 0 unspecified atom stereocenters. The largest absolute Gasteiger partial charge is 0.395 e. The molecule has 0 aliphatic carbocycles. The van der Waals surface area contributed by atoms with E-state index in [0.717, 1.165) is 30.9 Å². The number of aliphatic hydroxyl groups excluding tert-OH is 1. The molecule has 0 bridgehead atoms. The van der Waals surface area contributed by atoms with Gasteiger partial charge in [-0.05, 0) is 31.5 Å². The van der Waals surface area contributed by atoms with Crippen molar-refractivity contribution in [3.63, 3.8) is 0 Å². The third kappa shape index (κ3) is 2.06. The van der Waals surface area contributed by atoms with Crippen LogP contribution in [0.1, 0.15) is 18.5 Å². The summed E-state index contributed by atoms with van der Waals surface area (Å²) >= 11 is 0. The van der Waals surface area contributed by atoms with Crippen molar-refractivity contribution >= 4 is 5.65 Å². The molecule has 1 atom stereocenters. The summed E-state index contributed by atoms with van der Waals surface area (Å²) in [4.78, 5) is 6.91. The average Bonchev–Trinajstić information content (AvgIpc) is 2.94. The van der Waals surface area contributed by atoms with Crippen molar-refractivity contribution in [1.29, 1.82) is 0 Å². The normalized spacial score (nSPS) is 21.4. The number of aromatic nitrogens is 2. The third-order valence-electron chi connectivity index (χ3n) is 3.49. The molecule has 0 spiro atoms. The van der Waals surface area contributed by atoms with Crippen molar-refractivity contribution in [3.8, 4) is 0 Å². The first-order valence-electron chi connectivity index (χ1n) is 6.14. The Morgan fingerprint density at radius 2 is 2.35 bits per heavy atom. The second kappa shape index (κ2) is 4.47. The van der Waals surface area contributed by atoms with Crippen LogP contribution in [0.4, 0.5) is 0 Å². The van der Waals surface area contributed by atoms with Crippen LogP contribution < -0.4 is 0 Å². The number of hydrogen-bond donors (Lipinski definition) is 1. The Kier molecular flexibility index (Phi) is 2.82. The minimum Gasteiger partial charge on any atom is -0.395 e. The summed E-state index contributed by atoms with van der Waals surface area (Å²) in [5, 5.41) is 9.29. The molecule has 3 heterocycles. The highest BCUT2D eigenvalue weighted by Crippen LogP contribution is 2.19. The lowest BCUT2D eigenvalue weighted by atomic mass is 10.2. The van der Waals surface area contributed by atoms with Gasteiger partial charge in [-0.2, -0.15) is 0 Å². The number of fused-ring (bicyclic) bond motifs is 1. The van der Waals surface area contributed by atoms with Crippen molar-refractivity contribution < 1.29 is 5.11 Å². The van der Waals surface area contributed by atoms with Crippen LogP contribution in [-0.2, 0) is 6.54 Å². The van der Waals surface area contributed by atoms with E-state index in [0.29, 0.717) is 6.04 Å². The van der Waals surface area contributed by atoms with E-state index in [9.17, 15) is 5.11 Å². The Bertz CT molecular complexity index is 475.